The number of carboxylic acid groups (broad SMARTS) is 1. The van der Waals surface area contributed by atoms with Gasteiger partial charge in [-0.25, -0.2) is 0 Å². The van der Waals surface area contributed by atoms with Crippen LogP contribution in [0.5, 0.6) is 0 Å². The molecule has 6 nitrogen and oxygen atoms in total. The van der Waals surface area contributed by atoms with Crippen LogP contribution in [0.1, 0.15) is 16.6 Å². The van der Waals surface area contributed by atoms with Gasteiger partial charge in [0, 0.05) is 16.6 Å². The molecule has 8 heteroatoms. The fourth-order valence-electron chi connectivity index (χ4n) is 2.05. The van der Waals surface area contributed by atoms with Crippen molar-refractivity contribution in [3.8, 4) is 0 Å². The summed E-state index contributed by atoms with van der Waals surface area (Å²) in [6, 6.07) is 7.36. The molecule has 1 aromatic carbocycles. The highest BCUT2D eigenvalue weighted by atomic mass is 35.5. The van der Waals surface area contributed by atoms with Crippen LogP contribution in [-0.2, 0) is 9.59 Å². The monoisotopic (exact) mass is 354 g/mol. The molecule has 0 spiro atoms. The van der Waals surface area contributed by atoms with E-state index in [2.05, 4.69) is 5.32 Å². The van der Waals surface area contributed by atoms with E-state index in [9.17, 15) is 14.4 Å². The molecule has 0 unspecified atom stereocenters. The quantitative estimate of drug-likeness (QED) is 0.832. The fourth-order valence-corrected chi connectivity index (χ4v) is 3.48. The van der Waals surface area contributed by atoms with E-state index >= 15 is 0 Å². The van der Waals surface area contributed by atoms with Gasteiger partial charge in [0.2, 0.25) is 5.91 Å². The number of halogens is 1. The number of carboxylic acids is 1. The van der Waals surface area contributed by atoms with E-state index in [-0.39, 0.29) is 13.1 Å². The van der Waals surface area contributed by atoms with Crippen LogP contribution in [0.15, 0.2) is 24.3 Å². The zero-order valence-corrected chi connectivity index (χ0v) is 13.9. The van der Waals surface area contributed by atoms with Crippen LogP contribution in [0.25, 0.3) is 10.1 Å². The summed E-state index contributed by atoms with van der Waals surface area (Å²) in [5.41, 5.74) is 0. The fraction of sp³-hybridized carbons (Fsp3) is 0.267. The van der Waals surface area contributed by atoms with E-state index in [0.717, 1.165) is 15.0 Å². The number of nitrogens with zero attached hydrogens (tertiary/aromatic N) is 1. The number of thiophene rings is 1. The minimum atomic E-state index is -1.10. The Morgan fingerprint density at radius 2 is 2.00 bits per heavy atom. The van der Waals surface area contributed by atoms with Gasteiger partial charge in [-0.1, -0.05) is 29.8 Å². The van der Waals surface area contributed by atoms with E-state index < -0.39 is 24.3 Å². The molecule has 2 aromatic rings. The molecule has 0 fully saturated rings. The molecule has 23 heavy (non-hydrogen) atoms. The first-order valence-electron chi connectivity index (χ1n) is 6.88. The molecule has 2 N–H and O–H groups in total. The number of carbonyl (C=O) groups excluding carboxylic acids is 2. The largest absolute Gasteiger partial charge is 0.480 e. The van der Waals surface area contributed by atoms with Gasteiger partial charge in [-0.3, -0.25) is 14.4 Å². The second-order valence-corrected chi connectivity index (χ2v) is 6.16. The Morgan fingerprint density at radius 3 is 2.61 bits per heavy atom. The Bertz CT molecular complexity index is 759. The number of hydrogen-bond acceptors (Lipinski definition) is 4. The molecule has 0 atom stereocenters. The van der Waals surface area contributed by atoms with Crippen LogP contribution in [0.3, 0.4) is 0 Å². The van der Waals surface area contributed by atoms with Crippen molar-refractivity contribution in [3.63, 3.8) is 0 Å². The predicted octanol–water partition coefficient (Wildman–Crippen LogP) is 2.22. The number of amides is 2. The third kappa shape index (κ3) is 4.00. The number of fused-ring (bicyclic) bond motifs is 1. The third-order valence-corrected chi connectivity index (χ3v) is 4.88. The van der Waals surface area contributed by atoms with E-state index in [4.69, 9.17) is 16.7 Å². The minimum absolute atomic E-state index is 0.255. The molecule has 0 saturated carbocycles. The number of rotatable bonds is 6. The lowest BCUT2D eigenvalue weighted by Gasteiger charge is -2.18. The minimum Gasteiger partial charge on any atom is -0.480 e. The Kier molecular flexibility index (Phi) is 5.57. The second kappa shape index (κ2) is 7.43. The molecular weight excluding hydrogens is 340 g/mol. The highest BCUT2D eigenvalue weighted by Gasteiger charge is 2.19. The Balaban J connectivity index is 2.05. The van der Waals surface area contributed by atoms with E-state index in [1.54, 1.807) is 6.92 Å². The SMILES string of the molecule is CCN(CC(=O)O)C(=O)CNC(=O)c1sc2ccccc2c1Cl. The summed E-state index contributed by atoms with van der Waals surface area (Å²) in [6.07, 6.45) is 0. The molecule has 0 aliphatic carbocycles. The van der Waals surface area contributed by atoms with Gasteiger partial charge in [-0.15, -0.1) is 11.3 Å². The molecule has 122 valence electrons. The van der Waals surface area contributed by atoms with Gasteiger partial charge in [0.15, 0.2) is 0 Å². The van der Waals surface area contributed by atoms with Crippen molar-refractivity contribution < 1.29 is 19.5 Å². The normalized spacial score (nSPS) is 10.5. The number of carbonyl (C=O) groups is 3. The summed E-state index contributed by atoms with van der Waals surface area (Å²) in [5, 5.41) is 12.4. The molecule has 2 amide bonds. The van der Waals surface area contributed by atoms with Crippen molar-refractivity contribution in [3.05, 3.63) is 34.2 Å². The highest BCUT2D eigenvalue weighted by molar-refractivity contribution is 7.21. The van der Waals surface area contributed by atoms with Crippen LogP contribution < -0.4 is 5.32 Å². The van der Waals surface area contributed by atoms with Crippen LogP contribution >= 0.6 is 22.9 Å². The molecule has 0 saturated heterocycles. The van der Waals surface area contributed by atoms with Crippen molar-refractivity contribution in [2.45, 2.75) is 6.92 Å². The second-order valence-electron chi connectivity index (χ2n) is 4.73. The summed E-state index contributed by atoms with van der Waals surface area (Å²) < 4.78 is 0.884. The molecule has 0 aliphatic heterocycles. The number of benzene rings is 1. The third-order valence-electron chi connectivity index (χ3n) is 3.20. The van der Waals surface area contributed by atoms with Gasteiger partial charge in [-0.05, 0) is 13.0 Å². The molecule has 0 aliphatic rings. The van der Waals surface area contributed by atoms with Gasteiger partial charge >= 0.3 is 5.97 Å². The average Bonchev–Trinajstić information content (AvgIpc) is 2.87. The van der Waals surface area contributed by atoms with Crippen molar-refractivity contribution in [1.82, 2.24) is 10.2 Å². The first-order chi connectivity index (χ1) is 10.9. The topological polar surface area (TPSA) is 86.7 Å². The number of aliphatic carboxylic acids is 1. The van der Waals surface area contributed by atoms with E-state index in [1.165, 1.54) is 11.3 Å². The summed E-state index contributed by atoms with van der Waals surface area (Å²) >= 11 is 7.45. The molecule has 1 aromatic heterocycles. The van der Waals surface area contributed by atoms with Gasteiger partial charge < -0.3 is 15.3 Å². The lowest BCUT2D eigenvalue weighted by atomic mass is 10.2. The molecule has 1 heterocycles. The summed E-state index contributed by atoms with van der Waals surface area (Å²) in [5.74, 6) is -2.00. The lowest BCUT2D eigenvalue weighted by Crippen LogP contribution is -2.42. The van der Waals surface area contributed by atoms with Crippen LogP contribution in [0.4, 0.5) is 0 Å². The maximum atomic E-state index is 12.2. The standard InChI is InChI=1S/C15H15ClN2O4S/c1-2-18(8-12(20)21)11(19)7-17-15(22)14-13(16)9-5-3-4-6-10(9)23-14/h3-6H,2,7-8H2,1H3,(H,17,22)(H,20,21). The van der Waals surface area contributed by atoms with Gasteiger partial charge in [-0.2, -0.15) is 0 Å². The van der Waals surface area contributed by atoms with Crippen molar-refractivity contribution in [2.24, 2.45) is 0 Å². The summed E-state index contributed by atoms with van der Waals surface area (Å²) in [4.78, 5) is 36.3. The van der Waals surface area contributed by atoms with Gasteiger partial charge in [0.05, 0.1) is 11.6 Å². The average molecular weight is 355 g/mol. The maximum absolute atomic E-state index is 12.2. The Labute approximate surface area is 141 Å². The zero-order chi connectivity index (χ0) is 17.0. The summed E-state index contributed by atoms with van der Waals surface area (Å²) in [6.45, 7) is 1.26. The number of nitrogens with one attached hydrogen (secondary N) is 1. The van der Waals surface area contributed by atoms with Crippen LogP contribution in [0, 0.1) is 0 Å². The molecule has 0 radical (unpaired) electrons. The van der Waals surface area contributed by atoms with Gasteiger partial charge in [0.1, 0.15) is 11.4 Å². The number of likely N-dealkylation sites (N-methyl/N-ethyl adjacent to an activating group) is 1. The first kappa shape index (κ1) is 17.2. The van der Waals surface area contributed by atoms with Crippen molar-refractivity contribution >= 4 is 50.8 Å². The molecular formula is C15H15ClN2O4S. The van der Waals surface area contributed by atoms with Crippen LogP contribution in [0.2, 0.25) is 5.02 Å². The Morgan fingerprint density at radius 1 is 1.30 bits per heavy atom. The Hall–Kier alpha value is -2.12. The van der Waals surface area contributed by atoms with Gasteiger partial charge in [0.25, 0.3) is 5.91 Å². The predicted molar refractivity (Wildman–Crippen MR) is 89.1 cm³/mol. The van der Waals surface area contributed by atoms with Crippen LogP contribution in [-0.4, -0.2) is 47.4 Å². The smallest absolute Gasteiger partial charge is 0.323 e. The lowest BCUT2D eigenvalue weighted by molar-refractivity contribution is -0.143. The molecule has 0 bridgehead atoms. The number of hydrogen-bond donors (Lipinski definition) is 2. The zero-order valence-electron chi connectivity index (χ0n) is 12.3. The van der Waals surface area contributed by atoms with Crippen molar-refractivity contribution in [1.29, 1.82) is 0 Å². The molecule has 2 rings (SSSR count). The first-order valence-corrected chi connectivity index (χ1v) is 8.08. The van der Waals surface area contributed by atoms with E-state index in [1.807, 2.05) is 24.3 Å². The maximum Gasteiger partial charge on any atom is 0.323 e. The summed E-state index contributed by atoms with van der Waals surface area (Å²) in [7, 11) is 0. The highest BCUT2D eigenvalue weighted by Crippen LogP contribution is 2.34. The van der Waals surface area contributed by atoms with E-state index in [0.29, 0.717) is 9.90 Å². The van der Waals surface area contributed by atoms with Crippen molar-refractivity contribution in [2.75, 3.05) is 19.6 Å².